The van der Waals surface area contributed by atoms with E-state index >= 15 is 0 Å². The number of alkyl halides is 1. The molecule has 3 nitrogen and oxygen atoms in total. The molecule has 0 radical (unpaired) electrons. The fourth-order valence-electron chi connectivity index (χ4n) is 1.48. The molecule has 17 heavy (non-hydrogen) atoms. The molecule has 1 aromatic rings. The average Bonchev–Trinajstić information content (AvgIpc) is 2.28. The van der Waals surface area contributed by atoms with Gasteiger partial charge >= 0.3 is 0 Å². The normalized spacial score (nSPS) is 13.5. The largest absolute Gasteiger partial charge is 0.215 e. The quantitative estimate of drug-likeness (QED) is 0.785. The zero-order valence-electron chi connectivity index (χ0n) is 9.90. The third-order valence-electron chi connectivity index (χ3n) is 2.33. The molecule has 0 bridgehead atoms. The van der Waals surface area contributed by atoms with Gasteiger partial charge in [0.25, 0.3) is 0 Å². The highest BCUT2D eigenvalue weighted by Gasteiger charge is 2.13. The molecule has 0 amide bonds. The van der Waals surface area contributed by atoms with Crippen LogP contribution in [-0.4, -0.2) is 19.8 Å². The van der Waals surface area contributed by atoms with E-state index in [1.54, 1.807) is 0 Å². The van der Waals surface area contributed by atoms with Crippen LogP contribution in [0.2, 0.25) is 0 Å². The Hall–Kier alpha value is -0.390. The van der Waals surface area contributed by atoms with Crippen molar-refractivity contribution in [2.75, 3.05) is 6.54 Å². The van der Waals surface area contributed by atoms with Gasteiger partial charge in [0, 0.05) is 11.4 Å². The Kier molecular flexibility index (Phi) is 6.16. The summed E-state index contributed by atoms with van der Waals surface area (Å²) in [4.78, 5) is 0.207. The maximum Gasteiger partial charge on any atom is 0.215 e. The first-order valence-corrected chi connectivity index (χ1v) is 8.25. The third-order valence-corrected chi connectivity index (χ3v) is 4.43. The van der Waals surface area contributed by atoms with Gasteiger partial charge in [0.2, 0.25) is 10.0 Å². The highest BCUT2D eigenvalue weighted by atomic mass is 79.9. The van der Waals surface area contributed by atoms with Crippen LogP contribution in [0.5, 0.6) is 0 Å². The molecule has 1 atom stereocenters. The minimum Gasteiger partial charge on any atom is -0.214 e. The fraction of sp³-hybridized carbons (Fsp3) is 0.500. The highest BCUT2D eigenvalue weighted by Crippen LogP contribution is 2.08. The van der Waals surface area contributed by atoms with Crippen LogP contribution in [0.15, 0.2) is 30.3 Å². The molecule has 0 saturated carbocycles. The summed E-state index contributed by atoms with van der Waals surface area (Å²) in [7, 11) is -3.23. The lowest BCUT2D eigenvalue weighted by molar-refractivity contribution is 0.577. The summed E-state index contributed by atoms with van der Waals surface area (Å²) in [6.07, 6.45) is 2.00. The SMILES string of the molecule is CCCC(Br)CNS(=O)(=O)Cc1ccccc1. The van der Waals surface area contributed by atoms with Gasteiger partial charge in [-0.25, -0.2) is 13.1 Å². The predicted octanol–water partition coefficient (Wildman–Crippen LogP) is 2.67. The number of halogens is 1. The molecule has 0 aliphatic carbocycles. The van der Waals surface area contributed by atoms with Crippen LogP contribution in [0.4, 0.5) is 0 Å². The molecule has 1 rings (SSSR count). The van der Waals surface area contributed by atoms with E-state index in [-0.39, 0.29) is 10.6 Å². The summed E-state index contributed by atoms with van der Waals surface area (Å²) < 4.78 is 26.2. The van der Waals surface area contributed by atoms with Crippen molar-refractivity contribution < 1.29 is 8.42 Å². The summed E-state index contributed by atoms with van der Waals surface area (Å²) in [5.41, 5.74) is 0.807. The minimum atomic E-state index is -3.23. The van der Waals surface area contributed by atoms with Crippen molar-refractivity contribution in [1.82, 2.24) is 4.72 Å². The van der Waals surface area contributed by atoms with E-state index in [0.717, 1.165) is 18.4 Å². The zero-order valence-corrected chi connectivity index (χ0v) is 12.3. The molecule has 0 aliphatic heterocycles. The zero-order chi connectivity index (χ0) is 12.7. The van der Waals surface area contributed by atoms with Gasteiger partial charge in [-0.3, -0.25) is 0 Å². The van der Waals surface area contributed by atoms with Gasteiger partial charge in [-0.05, 0) is 12.0 Å². The Morgan fingerprint density at radius 2 is 1.94 bits per heavy atom. The maximum atomic E-state index is 11.8. The van der Waals surface area contributed by atoms with Crippen LogP contribution < -0.4 is 4.72 Å². The molecule has 0 heterocycles. The summed E-state index contributed by atoms with van der Waals surface area (Å²) >= 11 is 3.45. The summed E-state index contributed by atoms with van der Waals surface area (Å²) in [6, 6.07) is 9.19. The van der Waals surface area contributed by atoms with E-state index in [2.05, 4.69) is 27.6 Å². The van der Waals surface area contributed by atoms with Gasteiger partial charge in [-0.1, -0.05) is 59.6 Å². The molecule has 0 saturated heterocycles. The van der Waals surface area contributed by atoms with Crippen LogP contribution in [0.25, 0.3) is 0 Å². The third kappa shape index (κ3) is 6.19. The monoisotopic (exact) mass is 319 g/mol. The standard InChI is InChI=1S/C12H18BrNO2S/c1-2-6-12(13)9-14-17(15,16)10-11-7-4-3-5-8-11/h3-5,7-8,12,14H,2,6,9-10H2,1H3. The van der Waals surface area contributed by atoms with Crippen molar-refractivity contribution in [2.45, 2.75) is 30.3 Å². The smallest absolute Gasteiger partial charge is 0.214 e. The van der Waals surface area contributed by atoms with Gasteiger partial charge in [0.05, 0.1) is 5.75 Å². The maximum absolute atomic E-state index is 11.8. The number of nitrogens with one attached hydrogen (secondary N) is 1. The van der Waals surface area contributed by atoms with Gasteiger partial charge in [-0.15, -0.1) is 0 Å². The van der Waals surface area contributed by atoms with Crippen molar-refractivity contribution in [3.05, 3.63) is 35.9 Å². The van der Waals surface area contributed by atoms with Crippen LogP contribution in [-0.2, 0) is 15.8 Å². The molecule has 0 aromatic heterocycles. The minimum absolute atomic E-state index is 0.0414. The molecule has 96 valence electrons. The summed E-state index contributed by atoms with van der Waals surface area (Å²) in [5.74, 6) is 0.0414. The number of sulfonamides is 1. The second-order valence-electron chi connectivity index (χ2n) is 3.98. The fourth-order valence-corrected chi connectivity index (χ4v) is 3.50. The molecule has 0 spiro atoms. The van der Waals surface area contributed by atoms with Crippen LogP contribution in [0.3, 0.4) is 0 Å². The van der Waals surface area contributed by atoms with Crippen molar-refractivity contribution in [3.8, 4) is 0 Å². The molecule has 0 fully saturated rings. The Morgan fingerprint density at radius 1 is 1.29 bits per heavy atom. The Balaban J connectivity index is 2.47. The van der Waals surface area contributed by atoms with Gasteiger partial charge in [0.1, 0.15) is 0 Å². The number of hydrogen-bond acceptors (Lipinski definition) is 2. The Morgan fingerprint density at radius 3 is 2.53 bits per heavy atom. The van der Waals surface area contributed by atoms with Crippen molar-refractivity contribution in [1.29, 1.82) is 0 Å². The molecule has 5 heteroatoms. The Bertz CT molecular complexity index is 419. The second-order valence-corrected chi connectivity index (χ2v) is 7.08. The molecule has 1 N–H and O–H groups in total. The Labute approximate surface area is 112 Å². The molecule has 1 aromatic carbocycles. The lowest BCUT2D eigenvalue weighted by Gasteiger charge is -2.10. The molecular formula is C12H18BrNO2S. The highest BCUT2D eigenvalue weighted by molar-refractivity contribution is 9.09. The predicted molar refractivity (Wildman–Crippen MR) is 74.7 cm³/mol. The first kappa shape index (κ1) is 14.7. The molecule has 1 unspecified atom stereocenters. The lowest BCUT2D eigenvalue weighted by Crippen LogP contribution is -2.30. The van der Waals surface area contributed by atoms with Crippen LogP contribution in [0.1, 0.15) is 25.3 Å². The van der Waals surface area contributed by atoms with Crippen molar-refractivity contribution >= 4 is 26.0 Å². The summed E-state index contributed by atoms with van der Waals surface area (Å²) in [6.45, 7) is 2.52. The van der Waals surface area contributed by atoms with Crippen LogP contribution in [0, 0.1) is 0 Å². The molecular weight excluding hydrogens is 302 g/mol. The first-order valence-electron chi connectivity index (χ1n) is 5.69. The number of benzene rings is 1. The lowest BCUT2D eigenvalue weighted by atomic mass is 10.2. The van der Waals surface area contributed by atoms with E-state index in [9.17, 15) is 8.42 Å². The van der Waals surface area contributed by atoms with E-state index in [4.69, 9.17) is 0 Å². The topological polar surface area (TPSA) is 46.2 Å². The second kappa shape index (κ2) is 7.13. The van der Waals surface area contributed by atoms with Gasteiger partial charge in [-0.2, -0.15) is 0 Å². The van der Waals surface area contributed by atoms with E-state index in [1.165, 1.54) is 0 Å². The average molecular weight is 320 g/mol. The first-order chi connectivity index (χ1) is 8.03. The van der Waals surface area contributed by atoms with Crippen molar-refractivity contribution in [3.63, 3.8) is 0 Å². The van der Waals surface area contributed by atoms with E-state index in [0.29, 0.717) is 6.54 Å². The van der Waals surface area contributed by atoms with E-state index in [1.807, 2.05) is 30.3 Å². The molecule has 0 aliphatic rings. The van der Waals surface area contributed by atoms with Crippen molar-refractivity contribution in [2.24, 2.45) is 0 Å². The number of rotatable bonds is 7. The summed E-state index contributed by atoms with van der Waals surface area (Å²) in [5, 5.41) is 0. The van der Waals surface area contributed by atoms with E-state index < -0.39 is 10.0 Å². The number of hydrogen-bond donors (Lipinski definition) is 1. The van der Waals surface area contributed by atoms with Gasteiger partial charge < -0.3 is 0 Å². The van der Waals surface area contributed by atoms with Gasteiger partial charge in [0.15, 0.2) is 0 Å². The van der Waals surface area contributed by atoms with Crippen LogP contribution >= 0.6 is 15.9 Å².